The Balaban J connectivity index is 1.75. The Bertz CT molecular complexity index is 1030. The van der Waals surface area contributed by atoms with Gasteiger partial charge in [-0.2, -0.15) is 5.26 Å². The van der Waals surface area contributed by atoms with Crippen molar-refractivity contribution in [1.82, 2.24) is 9.97 Å². The molecule has 3 aromatic rings. The summed E-state index contributed by atoms with van der Waals surface area (Å²) in [7, 11) is 0. The summed E-state index contributed by atoms with van der Waals surface area (Å²) in [6, 6.07) is 18.5. The number of hydrogen-bond acceptors (Lipinski definition) is 5. The highest BCUT2D eigenvalue weighted by molar-refractivity contribution is 6.03. The maximum Gasteiger partial charge on any atom is 0.274 e. The number of nitriles is 1. The molecule has 28 heavy (non-hydrogen) atoms. The van der Waals surface area contributed by atoms with Crippen molar-refractivity contribution in [3.05, 3.63) is 77.7 Å². The SMILES string of the molecule is CC(C)(C)c1ccc(Nc2cc(C(=O)Nc3ccccc3C#N)ncn2)cc1. The van der Waals surface area contributed by atoms with Crippen LogP contribution in [0.2, 0.25) is 0 Å². The minimum absolute atomic E-state index is 0.0818. The summed E-state index contributed by atoms with van der Waals surface area (Å²) in [6.07, 6.45) is 1.33. The lowest BCUT2D eigenvalue weighted by Gasteiger charge is -2.19. The fourth-order valence-electron chi connectivity index (χ4n) is 2.63. The number of nitrogens with one attached hydrogen (secondary N) is 2. The number of aromatic nitrogens is 2. The van der Waals surface area contributed by atoms with Gasteiger partial charge in [0, 0.05) is 11.8 Å². The van der Waals surface area contributed by atoms with E-state index in [-0.39, 0.29) is 11.1 Å². The van der Waals surface area contributed by atoms with Gasteiger partial charge in [0.25, 0.3) is 5.91 Å². The molecule has 0 saturated heterocycles. The van der Waals surface area contributed by atoms with Crippen LogP contribution in [0.25, 0.3) is 0 Å². The van der Waals surface area contributed by atoms with Gasteiger partial charge in [0.2, 0.25) is 0 Å². The molecule has 1 heterocycles. The smallest absolute Gasteiger partial charge is 0.274 e. The van der Waals surface area contributed by atoms with Crippen LogP contribution in [-0.2, 0) is 5.41 Å². The molecule has 0 fully saturated rings. The average Bonchev–Trinajstić information content (AvgIpc) is 2.68. The molecule has 2 aromatic carbocycles. The zero-order valence-corrected chi connectivity index (χ0v) is 16.0. The number of carbonyl (C=O) groups is 1. The van der Waals surface area contributed by atoms with Gasteiger partial charge in [0.15, 0.2) is 0 Å². The third-order valence-electron chi connectivity index (χ3n) is 4.22. The lowest BCUT2D eigenvalue weighted by molar-refractivity contribution is 0.102. The lowest BCUT2D eigenvalue weighted by atomic mass is 9.87. The van der Waals surface area contributed by atoms with Crippen LogP contribution >= 0.6 is 0 Å². The first-order valence-corrected chi connectivity index (χ1v) is 8.87. The van der Waals surface area contributed by atoms with Gasteiger partial charge in [-0.05, 0) is 35.2 Å². The molecular formula is C22H21N5O. The molecule has 2 N–H and O–H groups in total. The first-order valence-electron chi connectivity index (χ1n) is 8.87. The first kappa shape index (κ1) is 19.1. The molecule has 0 aliphatic carbocycles. The van der Waals surface area contributed by atoms with E-state index in [1.54, 1.807) is 30.3 Å². The minimum Gasteiger partial charge on any atom is -0.340 e. The van der Waals surface area contributed by atoms with E-state index in [1.165, 1.54) is 11.9 Å². The average molecular weight is 371 g/mol. The Kier molecular flexibility index (Phi) is 5.37. The van der Waals surface area contributed by atoms with E-state index in [4.69, 9.17) is 5.26 Å². The van der Waals surface area contributed by atoms with Crippen LogP contribution < -0.4 is 10.6 Å². The van der Waals surface area contributed by atoms with Crippen molar-refractivity contribution in [2.45, 2.75) is 26.2 Å². The number of nitrogens with zero attached hydrogens (tertiary/aromatic N) is 3. The van der Waals surface area contributed by atoms with Gasteiger partial charge >= 0.3 is 0 Å². The molecule has 0 saturated carbocycles. The summed E-state index contributed by atoms with van der Waals surface area (Å²) in [5.41, 5.74) is 3.22. The summed E-state index contributed by atoms with van der Waals surface area (Å²) in [4.78, 5) is 20.7. The summed E-state index contributed by atoms with van der Waals surface area (Å²) < 4.78 is 0. The summed E-state index contributed by atoms with van der Waals surface area (Å²) in [6.45, 7) is 6.49. The molecule has 0 aliphatic heterocycles. The third kappa shape index (κ3) is 4.51. The molecule has 0 bridgehead atoms. The molecule has 6 nitrogen and oxygen atoms in total. The van der Waals surface area contributed by atoms with Gasteiger partial charge in [-0.1, -0.05) is 45.0 Å². The number of hydrogen-bond donors (Lipinski definition) is 2. The third-order valence-corrected chi connectivity index (χ3v) is 4.22. The van der Waals surface area contributed by atoms with Crippen molar-refractivity contribution < 1.29 is 4.79 Å². The van der Waals surface area contributed by atoms with Crippen molar-refractivity contribution >= 4 is 23.1 Å². The molecule has 0 radical (unpaired) electrons. The fraction of sp³-hybridized carbons (Fsp3) is 0.182. The zero-order chi connectivity index (χ0) is 20.1. The number of carbonyl (C=O) groups excluding carboxylic acids is 1. The Morgan fingerprint density at radius 2 is 1.75 bits per heavy atom. The Morgan fingerprint density at radius 3 is 2.43 bits per heavy atom. The Morgan fingerprint density at radius 1 is 1.04 bits per heavy atom. The molecule has 0 aliphatic rings. The van der Waals surface area contributed by atoms with Gasteiger partial charge < -0.3 is 10.6 Å². The van der Waals surface area contributed by atoms with Gasteiger partial charge in [0.05, 0.1) is 11.3 Å². The Hall–Kier alpha value is -3.72. The summed E-state index contributed by atoms with van der Waals surface area (Å²) >= 11 is 0. The van der Waals surface area contributed by atoms with Gasteiger partial charge in [-0.3, -0.25) is 4.79 Å². The maximum absolute atomic E-state index is 12.5. The van der Waals surface area contributed by atoms with Gasteiger partial charge in [-0.15, -0.1) is 0 Å². The van der Waals surface area contributed by atoms with Crippen molar-refractivity contribution in [2.24, 2.45) is 0 Å². The van der Waals surface area contributed by atoms with E-state index < -0.39 is 5.91 Å². The van der Waals surface area contributed by atoms with Crippen molar-refractivity contribution in [1.29, 1.82) is 5.26 Å². The highest BCUT2D eigenvalue weighted by Gasteiger charge is 2.14. The van der Waals surface area contributed by atoms with E-state index in [9.17, 15) is 4.79 Å². The van der Waals surface area contributed by atoms with Crippen molar-refractivity contribution in [2.75, 3.05) is 10.6 Å². The maximum atomic E-state index is 12.5. The molecule has 140 valence electrons. The molecule has 0 spiro atoms. The monoisotopic (exact) mass is 371 g/mol. The molecule has 6 heteroatoms. The molecule has 3 rings (SSSR count). The highest BCUT2D eigenvalue weighted by atomic mass is 16.1. The van der Waals surface area contributed by atoms with Crippen LogP contribution in [0.15, 0.2) is 60.9 Å². The van der Waals surface area contributed by atoms with Crippen LogP contribution in [0.3, 0.4) is 0 Å². The standard InChI is InChI=1S/C22H21N5O/c1-22(2,3)16-8-10-17(11-9-16)26-20-12-19(24-14-25-20)21(28)27-18-7-5-4-6-15(18)13-23/h4-12,14H,1-3H3,(H,27,28)(H,24,25,26). The number of amides is 1. The summed E-state index contributed by atoms with van der Waals surface area (Å²) in [5, 5.41) is 15.0. The minimum atomic E-state index is -0.406. The van der Waals surface area contributed by atoms with E-state index in [1.807, 2.05) is 12.1 Å². The molecule has 1 amide bonds. The highest BCUT2D eigenvalue weighted by Crippen LogP contribution is 2.24. The Labute approximate surface area is 164 Å². The number of anilines is 3. The van der Waals surface area contributed by atoms with E-state index in [2.05, 4.69) is 59.6 Å². The molecular weight excluding hydrogens is 350 g/mol. The number of benzene rings is 2. The normalized spacial score (nSPS) is 10.8. The van der Waals surface area contributed by atoms with E-state index in [0.717, 1.165) is 5.69 Å². The lowest BCUT2D eigenvalue weighted by Crippen LogP contribution is -2.15. The van der Waals surface area contributed by atoms with Crippen molar-refractivity contribution in [3.8, 4) is 6.07 Å². The largest absolute Gasteiger partial charge is 0.340 e. The van der Waals surface area contributed by atoms with Gasteiger partial charge in [0.1, 0.15) is 23.9 Å². The fourth-order valence-corrected chi connectivity index (χ4v) is 2.63. The first-order chi connectivity index (χ1) is 13.4. The summed E-state index contributed by atoms with van der Waals surface area (Å²) in [5.74, 6) is 0.105. The number of para-hydroxylation sites is 1. The number of rotatable bonds is 4. The van der Waals surface area contributed by atoms with E-state index >= 15 is 0 Å². The van der Waals surface area contributed by atoms with Gasteiger partial charge in [-0.25, -0.2) is 9.97 Å². The second-order valence-electron chi connectivity index (χ2n) is 7.35. The second-order valence-corrected chi connectivity index (χ2v) is 7.35. The van der Waals surface area contributed by atoms with Crippen LogP contribution in [0.4, 0.5) is 17.2 Å². The van der Waals surface area contributed by atoms with Crippen LogP contribution in [0.5, 0.6) is 0 Å². The van der Waals surface area contributed by atoms with Crippen LogP contribution in [0, 0.1) is 11.3 Å². The predicted molar refractivity (Wildman–Crippen MR) is 110 cm³/mol. The topological polar surface area (TPSA) is 90.7 Å². The van der Waals surface area contributed by atoms with Crippen molar-refractivity contribution in [3.63, 3.8) is 0 Å². The molecule has 0 atom stereocenters. The molecule has 0 unspecified atom stereocenters. The zero-order valence-electron chi connectivity index (χ0n) is 16.0. The second kappa shape index (κ2) is 7.89. The quantitative estimate of drug-likeness (QED) is 0.697. The van der Waals surface area contributed by atoms with Crippen LogP contribution in [0.1, 0.15) is 42.4 Å². The van der Waals surface area contributed by atoms with Crippen LogP contribution in [-0.4, -0.2) is 15.9 Å². The molecule has 1 aromatic heterocycles. The predicted octanol–water partition coefficient (Wildman–Crippen LogP) is 4.64. The van der Waals surface area contributed by atoms with E-state index in [0.29, 0.717) is 17.1 Å².